The third-order valence-corrected chi connectivity index (χ3v) is 2.28. The van der Waals surface area contributed by atoms with Gasteiger partial charge in [-0.3, -0.25) is 0 Å². The molecular weight excluding hydrogens is 162 g/mol. The summed E-state index contributed by atoms with van der Waals surface area (Å²) < 4.78 is 5.57. The first-order chi connectivity index (χ1) is 6.38. The largest absolute Gasteiger partial charge is 0.493 e. The summed E-state index contributed by atoms with van der Waals surface area (Å²) in [6, 6.07) is 0.110. The van der Waals surface area contributed by atoms with Crippen LogP contribution in [0.15, 0.2) is 41.4 Å². The van der Waals surface area contributed by atoms with Crippen LogP contribution in [0.5, 0.6) is 0 Å². The fraction of sp³-hybridized carbons (Fsp3) is 0.364. The van der Waals surface area contributed by atoms with E-state index in [-0.39, 0.29) is 6.04 Å². The second kappa shape index (κ2) is 3.65. The fourth-order valence-corrected chi connectivity index (χ4v) is 1.57. The SMILES string of the molecule is NC1CCCOC2=C1C=CC=C=C2. The Kier molecular flexibility index (Phi) is 2.35. The maximum atomic E-state index is 6.01. The number of ether oxygens (including phenoxy) is 1. The molecule has 1 heterocycles. The monoisotopic (exact) mass is 175 g/mol. The van der Waals surface area contributed by atoms with Crippen LogP contribution in [0.3, 0.4) is 0 Å². The second-order valence-electron chi connectivity index (χ2n) is 3.25. The van der Waals surface area contributed by atoms with Crippen LogP contribution in [0.4, 0.5) is 0 Å². The third-order valence-electron chi connectivity index (χ3n) is 2.28. The van der Waals surface area contributed by atoms with E-state index in [0.29, 0.717) is 0 Å². The van der Waals surface area contributed by atoms with Gasteiger partial charge in [-0.1, -0.05) is 12.2 Å². The van der Waals surface area contributed by atoms with Gasteiger partial charge in [-0.2, -0.15) is 0 Å². The van der Waals surface area contributed by atoms with Crippen LogP contribution >= 0.6 is 0 Å². The van der Waals surface area contributed by atoms with Gasteiger partial charge in [0.1, 0.15) is 5.76 Å². The van der Waals surface area contributed by atoms with Crippen LogP contribution in [0.25, 0.3) is 0 Å². The predicted octanol–water partition coefficient (Wildman–Crippen LogP) is 1.66. The average Bonchev–Trinajstić information content (AvgIpc) is 2.43. The molecule has 0 aromatic carbocycles. The van der Waals surface area contributed by atoms with Crippen LogP contribution in [0, 0.1) is 0 Å². The maximum Gasteiger partial charge on any atom is 0.131 e. The lowest BCUT2D eigenvalue weighted by Crippen LogP contribution is -2.21. The fourth-order valence-electron chi connectivity index (χ4n) is 1.57. The molecule has 1 aliphatic heterocycles. The van der Waals surface area contributed by atoms with Crippen LogP contribution in [0.1, 0.15) is 12.8 Å². The Hall–Kier alpha value is -1.24. The van der Waals surface area contributed by atoms with E-state index >= 15 is 0 Å². The number of hydrogen-bond donors (Lipinski definition) is 1. The summed E-state index contributed by atoms with van der Waals surface area (Å²) in [6.07, 6.45) is 9.72. The van der Waals surface area contributed by atoms with Gasteiger partial charge in [-0.05, 0) is 18.9 Å². The zero-order valence-corrected chi connectivity index (χ0v) is 7.49. The van der Waals surface area contributed by atoms with E-state index in [1.807, 2.05) is 24.3 Å². The molecule has 1 unspecified atom stereocenters. The smallest absolute Gasteiger partial charge is 0.131 e. The number of hydrogen-bond acceptors (Lipinski definition) is 2. The molecule has 0 spiro atoms. The first-order valence-corrected chi connectivity index (χ1v) is 4.59. The van der Waals surface area contributed by atoms with Crippen LogP contribution < -0.4 is 5.73 Å². The maximum absolute atomic E-state index is 6.01. The molecule has 2 aliphatic rings. The Bertz CT molecular complexity index is 319. The highest BCUT2D eigenvalue weighted by Crippen LogP contribution is 2.21. The summed E-state index contributed by atoms with van der Waals surface area (Å²) in [5.41, 5.74) is 10.1. The lowest BCUT2D eigenvalue weighted by molar-refractivity contribution is 0.224. The van der Waals surface area contributed by atoms with Gasteiger partial charge in [0.25, 0.3) is 0 Å². The summed E-state index contributed by atoms with van der Waals surface area (Å²) in [5, 5.41) is 0. The van der Waals surface area contributed by atoms with Gasteiger partial charge in [-0.15, -0.1) is 5.73 Å². The van der Waals surface area contributed by atoms with Crippen molar-refractivity contribution >= 4 is 0 Å². The molecular formula is C11H13NO. The number of nitrogens with two attached hydrogens (primary N) is 1. The van der Waals surface area contributed by atoms with Crippen molar-refractivity contribution in [3.63, 3.8) is 0 Å². The van der Waals surface area contributed by atoms with E-state index in [1.165, 1.54) is 0 Å². The molecule has 0 fully saturated rings. The number of allylic oxidation sites excluding steroid dienone is 2. The van der Waals surface area contributed by atoms with Crippen molar-refractivity contribution in [2.24, 2.45) is 5.73 Å². The van der Waals surface area contributed by atoms with Gasteiger partial charge < -0.3 is 10.5 Å². The summed E-state index contributed by atoms with van der Waals surface area (Å²) in [4.78, 5) is 0. The summed E-state index contributed by atoms with van der Waals surface area (Å²) >= 11 is 0. The molecule has 0 bridgehead atoms. The van der Waals surface area contributed by atoms with Crippen molar-refractivity contribution in [1.82, 2.24) is 0 Å². The van der Waals surface area contributed by atoms with Crippen LogP contribution in [-0.4, -0.2) is 12.6 Å². The molecule has 0 saturated heterocycles. The average molecular weight is 175 g/mol. The minimum Gasteiger partial charge on any atom is -0.493 e. The highest BCUT2D eigenvalue weighted by atomic mass is 16.5. The lowest BCUT2D eigenvalue weighted by Gasteiger charge is -2.10. The van der Waals surface area contributed by atoms with E-state index in [9.17, 15) is 0 Å². The standard InChI is InChI=1S/C11H13NO/c12-10-6-4-8-13-11-7-3-1-2-5-9(10)11/h1-2,5,7,10H,4,6,8,12H2. The van der Waals surface area contributed by atoms with Gasteiger partial charge in [0.15, 0.2) is 0 Å². The molecule has 1 aliphatic carbocycles. The highest BCUT2D eigenvalue weighted by Gasteiger charge is 2.16. The third kappa shape index (κ3) is 1.74. The van der Waals surface area contributed by atoms with E-state index < -0.39 is 0 Å². The summed E-state index contributed by atoms with van der Waals surface area (Å²) in [6.45, 7) is 0.762. The lowest BCUT2D eigenvalue weighted by atomic mass is 10.0. The molecule has 0 aromatic heterocycles. The van der Waals surface area contributed by atoms with E-state index in [2.05, 4.69) is 5.73 Å². The van der Waals surface area contributed by atoms with Gasteiger partial charge >= 0.3 is 0 Å². The zero-order chi connectivity index (χ0) is 9.10. The molecule has 1 atom stereocenters. The quantitative estimate of drug-likeness (QED) is 0.568. The van der Waals surface area contributed by atoms with Crippen molar-refractivity contribution in [1.29, 1.82) is 0 Å². The molecule has 2 N–H and O–H groups in total. The first kappa shape index (κ1) is 8.36. The Morgan fingerprint density at radius 1 is 1.54 bits per heavy atom. The molecule has 0 amide bonds. The van der Waals surface area contributed by atoms with Crippen molar-refractivity contribution < 1.29 is 4.74 Å². The zero-order valence-electron chi connectivity index (χ0n) is 7.49. The van der Waals surface area contributed by atoms with Crippen molar-refractivity contribution in [3.05, 3.63) is 41.4 Å². The summed E-state index contributed by atoms with van der Waals surface area (Å²) in [5.74, 6) is 0.884. The van der Waals surface area contributed by atoms with Crippen LogP contribution in [0.2, 0.25) is 0 Å². The van der Waals surface area contributed by atoms with Gasteiger partial charge in [-0.25, -0.2) is 0 Å². The highest BCUT2D eigenvalue weighted by molar-refractivity contribution is 5.37. The Morgan fingerprint density at radius 2 is 2.46 bits per heavy atom. The minimum absolute atomic E-state index is 0.110. The molecule has 13 heavy (non-hydrogen) atoms. The van der Waals surface area contributed by atoms with Gasteiger partial charge in [0, 0.05) is 17.7 Å². The Labute approximate surface area is 78.1 Å². The molecule has 2 nitrogen and oxygen atoms in total. The topological polar surface area (TPSA) is 35.2 Å². The molecule has 0 radical (unpaired) electrons. The molecule has 0 saturated carbocycles. The van der Waals surface area contributed by atoms with E-state index in [0.717, 1.165) is 30.8 Å². The molecule has 0 aromatic rings. The Balaban J connectivity index is 2.38. The molecule has 2 heteroatoms. The molecule has 2 rings (SSSR count). The minimum atomic E-state index is 0.110. The Morgan fingerprint density at radius 3 is 3.38 bits per heavy atom. The second-order valence-corrected chi connectivity index (χ2v) is 3.25. The van der Waals surface area contributed by atoms with Crippen LogP contribution in [-0.2, 0) is 4.74 Å². The summed E-state index contributed by atoms with van der Waals surface area (Å²) in [7, 11) is 0. The van der Waals surface area contributed by atoms with E-state index in [4.69, 9.17) is 10.5 Å². The van der Waals surface area contributed by atoms with Crippen molar-refractivity contribution in [3.8, 4) is 0 Å². The normalized spacial score (nSPS) is 26.4. The van der Waals surface area contributed by atoms with Gasteiger partial charge in [0.2, 0.25) is 0 Å². The first-order valence-electron chi connectivity index (χ1n) is 4.59. The van der Waals surface area contributed by atoms with Crippen molar-refractivity contribution in [2.75, 3.05) is 6.61 Å². The molecule has 68 valence electrons. The predicted molar refractivity (Wildman–Crippen MR) is 52.0 cm³/mol. The number of rotatable bonds is 0. The van der Waals surface area contributed by atoms with Gasteiger partial charge in [0.05, 0.1) is 6.61 Å². The van der Waals surface area contributed by atoms with Crippen molar-refractivity contribution in [2.45, 2.75) is 18.9 Å². The van der Waals surface area contributed by atoms with E-state index in [1.54, 1.807) is 0 Å².